The lowest BCUT2D eigenvalue weighted by atomic mass is 10.2. The van der Waals surface area contributed by atoms with Crippen molar-refractivity contribution in [3.05, 3.63) is 42.0 Å². The average molecular weight is 306 g/mol. The van der Waals surface area contributed by atoms with Crippen molar-refractivity contribution >= 4 is 15.9 Å². The molecule has 0 spiro atoms. The van der Waals surface area contributed by atoms with Crippen molar-refractivity contribution in [2.24, 2.45) is 0 Å². The summed E-state index contributed by atoms with van der Waals surface area (Å²) in [6, 6.07) is 6.98. The van der Waals surface area contributed by atoms with E-state index >= 15 is 0 Å². The molecule has 0 N–H and O–H groups in total. The maximum absolute atomic E-state index is 12.3. The molecule has 0 fully saturated rings. The molecule has 0 radical (unpaired) electrons. The van der Waals surface area contributed by atoms with Crippen molar-refractivity contribution in [3.8, 4) is 5.69 Å². The Morgan fingerprint density at radius 2 is 1.82 bits per heavy atom. The summed E-state index contributed by atoms with van der Waals surface area (Å²) in [5, 5.41) is 4.07. The highest BCUT2D eigenvalue weighted by Crippen LogP contribution is 2.25. The molecule has 0 amide bonds. The lowest BCUT2D eigenvalue weighted by molar-refractivity contribution is -0.144. The summed E-state index contributed by atoms with van der Waals surface area (Å²) in [7, 11) is 0. The molecule has 0 bridgehead atoms. The maximum atomic E-state index is 12.3. The molecule has 0 aliphatic rings. The number of hydrogen-bond acceptors (Lipinski definition) is 2. The summed E-state index contributed by atoms with van der Waals surface area (Å²) in [5.74, 6) is -1.14. The Labute approximate surface area is 103 Å². The second kappa shape index (κ2) is 4.48. The van der Waals surface area contributed by atoms with Gasteiger partial charge in [-0.3, -0.25) is 0 Å². The van der Waals surface area contributed by atoms with E-state index in [1.165, 1.54) is 0 Å². The first-order valence-corrected chi connectivity index (χ1v) is 5.77. The fourth-order valence-electron chi connectivity index (χ4n) is 1.26. The van der Waals surface area contributed by atoms with E-state index in [0.717, 1.165) is 16.6 Å². The first kappa shape index (κ1) is 12.1. The van der Waals surface area contributed by atoms with Gasteiger partial charge < -0.3 is 0 Å². The third-order valence-corrected chi connectivity index (χ3v) is 2.75. The van der Waals surface area contributed by atoms with Crippen LogP contribution in [0.4, 0.5) is 13.2 Å². The molecular formula is C10H7BrF3N3. The van der Waals surface area contributed by atoms with Crippen molar-refractivity contribution in [2.45, 2.75) is 11.5 Å². The molecule has 0 saturated carbocycles. The monoisotopic (exact) mass is 305 g/mol. The zero-order valence-corrected chi connectivity index (χ0v) is 10.0. The normalized spacial score (nSPS) is 11.8. The van der Waals surface area contributed by atoms with E-state index < -0.39 is 12.0 Å². The van der Waals surface area contributed by atoms with Gasteiger partial charge in [-0.15, -0.1) is 5.10 Å². The molecule has 0 atom stereocenters. The van der Waals surface area contributed by atoms with Crippen LogP contribution in [0.3, 0.4) is 0 Å². The molecule has 0 saturated heterocycles. The van der Waals surface area contributed by atoms with E-state index in [2.05, 4.69) is 26.0 Å². The van der Waals surface area contributed by atoms with Crippen LogP contribution in [-0.2, 0) is 11.5 Å². The van der Waals surface area contributed by atoms with Gasteiger partial charge in [0.1, 0.15) is 6.33 Å². The molecule has 90 valence electrons. The lowest BCUT2D eigenvalue weighted by Gasteiger charge is -2.02. The van der Waals surface area contributed by atoms with E-state index in [0.29, 0.717) is 11.0 Å². The largest absolute Gasteiger partial charge is 0.453 e. The number of aromatic nitrogens is 3. The van der Waals surface area contributed by atoms with Crippen LogP contribution in [0.25, 0.3) is 5.69 Å². The SMILES string of the molecule is FC(F)(F)c1ncn(-c2ccc(CBr)cc2)n1. The van der Waals surface area contributed by atoms with Gasteiger partial charge in [0, 0.05) is 5.33 Å². The summed E-state index contributed by atoms with van der Waals surface area (Å²) >= 11 is 3.28. The summed E-state index contributed by atoms with van der Waals surface area (Å²) < 4.78 is 38.0. The number of benzene rings is 1. The summed E-state index contributed by atoms with van der Waals surface area (Å²) in [4.78, 5) is 3.22. The van der Waals surface area contributed by atoms with Gasteiger partial charge in [0.25, 0.3) is 5.82 Å². The number of alkyl halides is 4. The molecule has 7 heteroatoms. The highest BCUT2D eigenvalue weighted by atomic mass is 79.9. The van der Waals surface area contributed by atoms with Crippen molar-refractivity contribution in [1.82, 2.24) is 14.8 Å². The molecule has 3 nitrogen and oxygen atoms in total. The van der Waals surface area contributed by atoms with Gasteiger partial charge in [0.15, 0.2) is 0 Å². The van der Waals surface area contributed by atoms with E-state index in [4.69, 9.17) is 0 Å². The van der Waals surface area contributed by atoms with Gasteiger partial charge in [-0.1, -0.05) is 28.1 Å². The third-order valence-electron chi connectivity index (χ3n) is 2.10. The topological polar surface area (TPSA) is 30.7 Å². The van der Waals surface area contributed by atoms with E-state index in [1.54, 1.807) is 24.3 Å². The number of hydrogen-bond donors (Lipinski definition) is 0. The average Bonchev–Trinajstić information content (AvgIpc) is 2.78. The fraction of sp³-hybridized carbons (Fsp3) is 0.200. The minimum Gasteiger partial charge on any atom is -0.220 e. The van der Waals surface area contributed by atoms with Gasteiger partial charge in [0.2, 0.25) is 0 Å². The zero-order valence-electron chi connectivity index (χ0n) is 8.45. The van der Waals surface area contributed by atoms with Crippen LogP contribution in [0, 0.1) is 0 Å². The van der Waals surface area contributed by atoms with Crippen molar-refractivity contribution in [2.75, 3.05) is 0 Å². The Bertz CT molecular complexity index is 504. The van der Waals surface area contributed by atoms with Gasteiger partial charge in [-0.05, 0) is 17.7 Å². The Morgan fingerprint density at radius 1 is 1.18 bits per heavy atom. The molecule has 17 heavy (non-hydrogen) atoms. The van der Waals surface area contributed by atoms with Crippen LogP contribution in [0.15, 0.2) is 30.6 Å². The maximum Gasteiger partial charge on any atom is 0.453 e. The van der Waals surface area contributed by atoms with Crippen LogP contribution >= 0.6 is 15.9 Å². The molecule has 1 heterocycles. The second-order valence-electron chi connectivity index (χ2n) is 3.31. The summed E-state index contributed by atoms with van der Waals surface area (Å²) in [5.41, 5.74) is 1.57. The fourth-order valence-corrected chi connectivity index (χ4v) is 1.63. The number of halogens is 4. The van der Waals surface area contributed by atoms with Crippen LogP contribution in [0.5, 0.6) is 0 Å². The highest BCUT2D eigenvalue weighted by Gasteiger charge is 2.35. The standard InChI is InChI=1S/C10H7BrF3N3/c11-5-7-1-3-8(4-2-7)17-6-15-9(16-17)10(12,13)14/h1-4,6H,5H2. The first-order valence-electron chi connectivity index (χ1n) is 4.65. The summed E-state index contributed by atoms with van der Waals surface area (Å²) in [6.45, 7) is 0. The van der Waals surface area contributed by atoms with Crippen molar-refractivity contribution in [1.29, 1.82) is 0 Å². The first-order chi connectivity index (χ1) is 8.00. The molecule has 0 aliphatic carbocycles. The molecule has 0 aliphatic heterocycles. The van der Waals surface area contributed by atoms with Crippen LogP contribution in [0.1, 0.15) is 11.4 Å². The van der Waals surface area contributed by atoms with E-state index in [9.17, 15) is 13.2 Å². The second-order valence-corrected chi connectivity index (χ2v) is 3.87. The van der Waals surface area contributed by atoms with E-state index in [-0.39, 0.29) is 0 Å². The van der Waals surface area contributed by atoms with Crippen molar-refractivity contribution < 1.29 is 13.2 Å². The zero-order chi connectivity index (χ0) is 12.5. The minimum atomic E-state index is -4.51. The summed E-state index contributed by atoms with van der Waals surface area (Å²) in [6.07, 6.45) is -3.47. The van der Waals surface area contributed by atoms with Crippen LogP contribution < -0.4 is 0 Å². The van der Waals surface area contributed by atoms with Gasteiger partial charge >= 0.3 is 6.18 Å². The Hall–Kier alpha value is -1.37. The third kappa shape index (κ3) is 2.66. The van der Waals surface area contributed by atoms with Crippen molar-refractivity contribution in [3.63, 3.8) is 0 Å². The molecule has 1 aromatic heterocycles. The molecule has 2 aromatic rings. The van der Waals surface area contributed by atoms with Gasteiger partial charge in [-0.25, -0.2) is 9.67 Å². The predicted octanol–water partition coefficient (Wildman–Crippen LogP) is 3.18. The molecular weight excluding hydrogens is 299 g/mol. The van der Waals surface area contributed by atoms with Gasteiger partial charge in [0.05, 0.1) is 5.69 Å². The Kier molecular flexibility index (Phi) is 3.19. The molecule has 1 aromatic carbocycles. The smallest absolute Gasteiger partial charge is 0.220 e. The quantitative estimate of drug-likeness (QED) is 0.798. The lowest BCUT2D eigenvalue weighted by Crippen LogP contribution is -2.08. The number of rotatable bonds is 2. The Balaban J connectivity index is 2.30. The minimum absolute atomic E-state index is 0.540. The number of nitrogens with zero attached hydrogens (tertiary/aromatic N) is 3. The predicted molar refractivity (Wildman–Crippen MR) is 59.0 cm³/mol. The van der Waals surface area contributed by atoms with E-state index in [1.807, 2.05) is 0 Å². The molecule has 2 rings (SSSR count). The van der Waals surface area contributed by atoms with Gasteiger partial charge in [-0.2, -0.15) is 13.2 Å². The highest BCUT2D eigenvalue weighted by molar-refractivity contribution is 9.08. The molecule has 0 unspecified atom stereocenters. The van der Waals surface area contributed by atoms with Crippen LogP contribution in [-0.4, -0.2) is 14.8 Å². The Morgan fingerprint density at radius 3 is 2.29 bits per heavy atom. The van der Waals surface area contributed by atoms with Crippen LogP contribution in [0.2, 0.25) is 0 Å².